The molecular formula is C19H20Cl2FN3O. The van der Waals surface area contributed by atoms with Crippen LogP contribution in [0.15, 0.2) is 30.5 Å². The number of pyridine rings is 1. The molecular weight excluding hydrogens is 376 g/mol. The summed E-state index contributed by atoms with van der Waals surface area (Å²) in [6, 6.07) is 6.45. The molecule has 0 aliphatic heterocycles. The van der Waals surface area contributed by atoms with Crippen LogP contribution in [0, 0.1) is 11.9 Å². The first-order valence-electron chi connectivity index (χ1n) is 8.50. The molecule has 0 saturated heterocycles. The number of nitrogens with one attached hydrogen (secondary N) is 1. The highest BCUT2D eigenvalue weighted by atomic mass is 35.5. The Morgan fingerprint density at radius 2 is 2.04 bits per heavy atom. The first-order valence-corrected chi connectivity index (χ1v) is 9.25. The van der Waals surface area contributed by atoms with Crippen LogP contribution in [0.1, 0.15) is 36.8 Å². The molecule has 4 nitrogen and oxygen atoms in total. The second-order valence-electron chi connectivity index (χ2n) is 6.82. The lowest BCUT2D eigenvalue weighted by atomic mass is 9.80. The van der Waals surface area contributed by atoms with E-state index in [-0.39, 0.29) is 23.8 Å². The molecule has 2 aromatic rings. The van der Waals surface area contributed by atoms with Crippen LogP contribution in [0.2, 0.25) is 10.0 Å². The fourth-order valence-electron chi connectivity index (χ4n) is 3.54. The van der Waals surface area contributed by atoms with E-state index < -0.39 is 5.95 Å². The van der Waals surface area contributed by atoms with E-state index in [4.69, 9.17) is 28.9 Å². The first kappa shape index (κ1) is 19.1. The Balaban J connectivity index is 1.80. The van der Waals surface area contributed by atoms with Crippen molar-refractivity contribution in [1.29, 1.82) is 0 Å². The van der Waals surface area contributed by atoms with E-state index in [0.29, 0.717) is 40.6 Å². The van der Waals surface area contributed by atoms with Crippen LogP contribution in [0.25, 0.3) is 0 Å². The number of halogens is 3. The normalized spacial score (nSPS) is 22.9. The molecule has 1 heterocycles. The van der Waals surface area contributed by atoms with Crippen molar-refractivity contribution in [3.8, 4) is 0 Å². The summed E-state index contributed by atoms with van der Waals surface area (Å²) in [5.74, 6) is -0.842. The number of hydrogen-bond acceptors (Lipinski definition) is 3. The molecule has 0 spiro atoms. The first-order chi connectivity index (χ1) is 12.3. The Hall–Kier alpha value is -1.69. The molecule has 0 fully saturated rings. The summed E-state index contributed by atoms with van der Waals surface area (Å²) in [6.07, 6.45) is 2.89. The van der Waals surface area contributed by atoms with Crippen LogP contribution in [-0.2, 0) is 11.2 Å². The summed E-state index contributed by atoms with van der Waals surface area (Å²) in [5.41, 5.74) is 8.21. The monoisotopic (exact) mass is 395 g/mol. The van der Waals surface area contributed by atoms with Crippen molar-refractivity contribution in [2.75, 3.05) is 5.32 Å². The zero-order valence-electron chi connectivity index (χ0n) is 14.3. The smallest absolute Gasteiger partial charge is 0.227 e. The van der Waals surface area contributed by atoms with Gasteiger partial charge in [0.1, 0.15) is 0 Å². The lowest BCUT2D eigenvalue weighted by molar-refractivity contribution is -0.120. The highest BCUT2D eigenvalue weighted by Crippen LogP contribution is 2.33. The molecule has 1 aliphatic rings. The van der Waals surface area contributed by atoms with E-state index in [0.717, 1.165) is 5.56 Å². The predicted molar refractivity (Wildman–Crippen MR) is 102 cm³/mol. The lowest BCUT2D eigenvalue weighted by Crippen LogP contribution is -2.35. The topological polar surface area (TPSA) is 68.0 Å². The molecule has 138 valence electrons. The van der Waals surface area contributed by atoms with Crippen LogP contribution in [0.5, 0.6) is 0 Å². The Morgan fingerprint density at radius 3 is 2.77 bits per heavy atom. The SMILES string of the molecule is C[C@H]1CC(C(=O)Nc2ccc(Cl)c(Cl)c2)C[C@@H](N)Cc2c1ccnc2F. The zero-order valence-corrected chi connectivity index (χ0v) is 15.8. The minimum Gasteiger partial charge on any atom is -0.327 e. The van der Waals surface area contributed by atoms with Crippen molar-refractivity contribution in [1.82, 2.24) is 4.98 Å². The van der Waals surface area contributed by atoms with Crippen molar-refractivity contribution in [3.63, 3.8) is 0 Å². The van der Waals surface area contributed by atoms with E-state index >= 15 is 0 Å². The molecule has 3 N–H and O–H groups in total. The van der Waals surface area contributed by atoms with Gasteiger partial charge in [-0.15, -0.1) is 0 Å². The number of nitrogens with two attached hydrogens (primary N) is 1. The van der Waals surface area contributed by atoms with Gasteiger partial charge in [0.25, 0.3) is 0 Å². The number of carbonyl (C=O) groups excluding carboxylic acids is 1. The lowest BCUT2D eigenvalue weighted by Gasteiger charge is -2.28. The third kappa shape index (κ3) is 4.17. The highest BCUT2D eigenvalue weighted by Gasteiger charge is 2.29. The van der Waals surface area contributed by atoms with Gasteiger partial charge in [-0.2, -0.15) is 4.39 Å². The van der Waals surface area contributed by atoms with Crippen molar-refractivity contribution in [2.45, 2.75) is 38.1 Å². The van der Waals surface area contributed by atoms with Crippen LogP contribution >= 0.6 is 23.2 Å². The largest absolute Gasteiger partial charge is 0.327 e. The fraction of sp³-hybridized carbons (Fsp3) is 0.368. The molecule has 26 heavy (non-hydrogen) atoms. The van der Waals surface area contributed by atoms with Gasteiger partial charge in [0.15, 0.2) is 0 Å². The number of aromatic nitrogens is 1. The maximum atomic E-state index is 14.1. The van der Waals surface area contributed by atoms with Crippen molar-refractivity contribution >= 4 is 34.8 Å². The Kier molecular flexibility index (Phi) is 5.80. The van der Waals surface area contributed by atoms with Gasteiger partial charge >= 0.3 is 0 Å². The summed E-state index contributed by atoms with van der Waals surface area (Å²) in [4.78, 5) is 16.5. The molecule has 3 atom stereocenters. The maximum Gasteiger partial charge on any atom is 0.227 e. The van der Waals surface area contributed by atoms with Crippen molar-refractivity contribution in [2.24, 2.45) is 11.7 Å². The molecule has 3 rings (SSSR count). The van der Waals surface area contributed by atoms with Gasteiger partial charge in [-0.05, 0) is 55.0 Å². The second-order valence-corrected chi connectivity index (χ2v) is 7.64. The van der Waals surface area contributed by atoms with Crippen molar-refractivity contribution < 1.29 is 9.18 Å². The molecule has 1 aliphatic carbocycles. The minimum atomic E-state index is -0.469. The van der Waals surface area contributed by atoms with E-state index in [1.54, 1.807) is 18.2 Å². The highest BCUT2D eigenvalue weighted by molar-refractivity contribution is 6.42. The number of rotatable bonds is 2. The van der Waals surface area contributed by atoms with E-state index in [9.17, 15) is 9.18 Å². The van der Waals surface area contributed by atoms with Crippen LogP contribution < -0.4 is 11.1 Å². The summed E-state index contributed by atoms with van der Waals surface area (Å²) in [7, 11) is 0. The summed E-state index contributed by atoms with van der Waals surface area (Å²) >= 11 is 11.9. The molecule has 0 bridgehead atoms. The number of hydrogen-bond donors (Lipinski definition) is 2. The van der Waals surface area contributed by atoms with Crippen LogP contribution in [-0.4, -0.2) is 16.9 Å². The quantitative estimate of drug-likeness (QED) is 0.732. The Bertz CT molecular complexity index is 830. The van der Waals surface area contributed by atoms with Gasteiger partial charge < -0.3 is 11.1 Å². The Labute approximate surface area is 161 Å². The molecule has 7 heteroatoms. The summed E-state index contributed by atoms with van der Waals surface area (Å²) in [6.45, 7) is 1.99. The molecule has 0 saturated carbocycles. The van der Waals surface area contributed by atoms with E-state index in [1.807, 2.05) is 13.0 Å². The number of anilines is 1. The standard InChI is InChI=1S/C19H20Cl2FN3O/c1-10-6-11(19(26)25-13-2-3-16(20)17(21)9-13)7-12(23)8-15-14(10)4-5-24-18(15)22/h2-5,9-12H,6-8,23H2,1H3,(H,25,26)/t10-,11?,12+/m0/s1. The maximum absolute atomic E-state index is 14.1. The average Bonchev–Trinajstić information content (AvgIpc) is 2.58. The van der Waals surface area contributed by atoms with Gasteiger partial charge in [0, 0.05) is 29.4 Å². The number of benzene rings is 1. The molecule has 1 unspecified atom stereocenters. The minimum absolute atomic E-state index is 0.0274. The fourth-order valence-corrected chi connectivity index (χ4v) is 3.84. The summed E-state index contributed by atoms with van der Waals surface area (Å²) in [5, 5.41) is 3.69. The molecule has 0 radical (unpaired) electrons. The number of amides is 1. The number of fused-ring (bicyclic) bond motifs is 1. The Morgan fingerprint density at radius 1 is 1.27 bits per heavy atom. The van der Waals surface area contributed by atoms with Gasteiger partial charge in [-0.3, -0.25) is 4.79 Å². The van der Waals surface area contributed by atoms with E-state index in [2.05, 4.69) is 10.3 Å². The van der Waals surface area contributed by atoms with Crippen molar-refractivity contribution in [3.05, 3.63) is 57.6 Å². The summed E-state index contributed by atoms with van der Waals surface area (Å²) < 4.78 is 14.1. The zero-order chi connectivity index (χ0) is 18.8. The third-order valence-electron chi connectivity index (χ3n) is 4.82. The van der Waals surface area contributed by atoms with Crippen LogP contribution in [0.4, 0.5) is 10.1 Å². The third-order valence-corrected chi connectivity index (χ3v) is 5.56. The van der Waals surface area contributed by atoms with Gasteiger partial charge in [-0.25, -0.2) is 4.98 Å². The van der Waals surface area contributed by atoms with Gasteiger partial charge in [0.2, 0.25) is 11.9 Å². The average molecular weight is 396 g/mol. The van der Waals surface area contributed by atoms with E-state index in [1.165, 1.54) is 6.20 Å². The van der Waals surface area contributed by atoms with Gasteiger partial charge in [0.05, 0.1) is 10.0 Å². The molecule has 1 amide bonds. The number of nitrogens with zero attached hydrogens (tertiary/aromatic N) is 1. The number of carbonyl (C=O) groups is 1. The van der Waals surface area contributed by atoms with Crippen LogP contribution in [0.3, 0.4) is 0 Å². The second kappa shape index (κ2) is 7.91. The molecule has 1 aromatic carbocycles. The predicted octanol–water partition coefficient (Wildman–Crippen LogP) is 4.55. The molecule has 1 aromatic heterocycles. The van der Waals surface area contributed by atoms with Gasteiger partial charge in [-0.1, -0.05) is 30.1 Å².